The molecule has 3 aromatic carbocycles. The molecule has 2 heterocycles. The first kappa shape index (κ1) is 28.4. The van der Waals surface area contributed by atoms with E-state index in [1.165, 1.54) is 0 Å². The van der Waals surface area contributed by atoms with Gasteiger partial charge in [-0.15, -0.1) is 0 Å². The van der Waals surface area contributed by atoms with E-state index in [0.29, 0.717) is 33.9 Å². The van der Waals surface area contributed by atoms with Gasteiger partial charge in [0.1, 0.15) is 23.8 Å². The summed E-state index contributed by atoms with van der Waals surface area (Å²) in [5.74, 6) is -0.334. The number of nitrogens with zero attached hydrogens (tertiary/aromatic N) is 4. The highest BCUT2D eigenvalue weighted by molar-refractivity contribution is 6.30. The quantitative estimate of drug-likeness (QED) is 0.122. The molecular formula is C29H29ClN10O2. The molecule has 12 nitrogen and oxygen atoms in total. The van der Waals surface area contributed by atoms with Crippen LogP contribution in [0.5, 0.6) is 0 Å². The number of rotatable bonds is 8. The summed E-state index contributed by atoms with van der Waals surface area (Å²) < 4.78 is 0. The predicted octanol–water partition coefficient (Wildman–Crippen LogP) is 3.54. The zero-order chi connectivity index (χ0) is 30.0. The Kier molecular flexibility index (Phi) is 7.93. The standard InChI is InChI=1S/C29H29ClN10O2/c30-17-7-1-14(2-8-17)13-36-19-11-5-16(6-12-19)21-23(38-29(35)40-27(21)33)25(42)24(41)22-20(26(32)39-28(34)37-22)15-3-9-18(31)10-4-15/h1-12,24-25,36,41-42H,13,31H2,(H4,32,34,37,39)(H4,33,35,38,40). The molecule has 2 unspecified atom stereocenters. The first-order valence-corrected chi connectivity index (χ1v) is 13.1. The molecule has 0 saturated heterocycles. The molecule has 0 fully saturated rings. The van der Waals surface area contributed by atoms with Crippen molar-refractivity contribution in [3.8, 4) is 22.3 Å². The second-order valence-corrected chi connectivity index (χ2v) is 9.96. The molecule has 0 radical (unpaired) electrons. The number of aromatic nitrogens is 4. The number of aliphatic hydroxyl groups is 2. The molecule has 214 valence electrons. The Morgan fingerprint density at radius 2 is 1.07 bits per heavy atom. The Hall–Kier alpha value is -5.17. The molecule has 5 aromatic rings. The first-order chi connectivity index (χ1) is 20.1. The monoisotopic (exact) mass is 584 g/mol. The van der Waals surface area contributed by atoms with Crippen molar-refractivity contribution >= 4 is 46.5 Å². The summed E-state index contributed by atoms with van der Waals surface area (Å²) in [6.45, 7) is 0.585. The Morgan fingerprint density at radius 3 is 1.55 bits per heavy atom. The lowest BCUT2D eigenvalue weighted by Gasteiger charge is -2.23. The lowest BCUT2D eigenvalue weighted by molar-refractivity contribution is 0.0129. The minimum absolute atomic E-state index is 0.00613. The van der Waals surface area contributed by atoms with Gasteiger partial charge >= 0.3 is 0 Å². The molecule has 2 aromatic heterocycles. The van der Waals surface area contributed by atoms with Crippen molar-refractivity contribution in [3.05, 3.63) is 94.8 Å². The van der Waals surface area contributed by atoms with Gasteiger partial charge in [0.25, 0.3) is 0 Å². The van der Waals surface area contributed by atoms with Crippen molar-refractivity contribution in [2.45, 2.75) is 18.8 Å². The van der Waals surface area contributed by atoms with Crippen LogP contribution in [-0.4, -0.2) is 30.1 Å². The highest BCUT2D eigenvalue weighted by Gasteiger charge is 2.31. The van der Waals surface area contributed by atoms with Crippen molar-refractivity contribution < 1.29 is 10.2 Å². The van der Waals surface area contributed by atoms with Gasteiger partial charge in [0.05, 0.1) is 11.4 Å². The lowest BCUT2D eigenvalue weighted by Crippen LogP contribution is -2.19. The average molecular weight is 585 g/mol. The van der Waals surface area contributed by atoms with Gasteiger partial charge in [0, 0.05) is 34.1 Å². The fourth-order valence-electron chi connectivity index (χ4n) is 4.56. The SMILES string of the molecule is Nc1ccc(-c2c(N)nc(N)nc2C(O)C(O)c2nc(N)nc(N)c2-c2ccc(NCc3ccc(Cl)cc3)cc2)cc1. The highest BCUT2D eigenvalue weighted by Crippen LogP contribution is 2.41. The van der Waals surface area contributed by atoms with Crippen molar-refractivity contribution in [1.29, 1.82) is 0 Å². The molecular weight excluding hydrogens is 556 g/mol. The van der Waals surface area contributed by atoms with Crippen LogP contribution in [0.3, 0.4) is 0 Å². The van der Waals surface area contributed by atoms with Crippen LogP contribution >= 0.6 is 11.6 Å². The molecule has 0 aliphatic heterocycles. The summed E-state index contributed by atoms with van der Waals surface area (Å²) >= 11 is 5.97. The smallest absolute Gasteiger partial charge is 0.222 e. The lowest BCUT2D eigenvalue weighted by atomic mass is 9.94. The van der Waals surface area contributed by atoms with Gasteiger partial charge in [0.15, 0.2) is 0 Å². The minimum atomic E-state index is -1.66. The van der Waals surface area contributed by atoms with Gasteiger partial charge in [0.2, 0.25) is 11.9 Å². The van der Waals surface area contributed by atoms with E-state index in [1.54, 1.807) is 36.4 Å². The van der Waals surface area contributed by atoms with E-state index in [1.807, 2.05) is 36.4 Å². The van der Waals surface area contributed by atoms with Crippen LogP contribution in [0.4, 0.5) is 34.9 Å². The van der Waals surface area contributed by atoms with Crippen LogP contribution in [0.1, 0.15) is 29.2 Å². The van der Waals surface area contributed by atoms with E-state index in [-0.39, 0.29) is 40.5 Å². The molecule has 0 spiro atoms. The minimum Gasteiger partial charge on any atom is -0.399 e. The van der Waals surface area contributed by atoms with E-state index >= 15 is 0 Å². The summed E-state index contributed by atoms with van der Waals surface area (Å²) in [6, 6.07) is 21.5. The van der Waals surface area contributed by atoms with Gasteiger partial charge in [-0.25, -0.2) is 9.97 Å². The molecule has 13 N–H and O–H groups in total. The van der Waals surface area contributed by atoms with Gasteiger partial charge in [-0.05, 0) is 53.1 Å². The molecule has 5 rings (SSSR count). The maximum atomic E-state index is 11.5. The predicted molar refractivity (Wildman–Crippen MR) is 166 cm³/mol. The van der Waals surface area contributed by atoms with E-state index in [0.717, 1.165) is 11.3 Å². The fourth-order valence-corrected chi connectivity index (χ4v) is 4.69. The largest absolute Gasteiger partial charge is 0.399 e. The highest BCUT2D eigenvalue weighted by atomic mass is 35.5. The molecule has 0 bridgehead atoms. The summed E-state index contributed by atoms with van der Waals surface area (Å²) in [5, 5.41) is 26.9. The van der Waals surface area contributed by atoms with Crippen LogP contribution in [0, 0.1) is 0 Å². The van der Waals surface area contributed by atoms with Crippen molar-refractivity contribution in [3.63, 3.8) is 0 Å². The Balaban J connectivity index is 1.49. The summed E-state index contributed by atoms with van der Waals surface area (Å²) in [4.78, 5) is 16.6. The van der Waals surface area contributed by atoms with Crippen LogP contribution in [0.15, 0.2) is 72.8 Å². The summed E-state index contributed by atoms with van der Waals surface area (Å²) in [6.07, 6.45) is -3.31. The average Bonchev–Trinajstić information content (AvgIpc) is 2.96. The van der Waals surface area contributed by atoms with Gasteiger partial charge in [-0.1, -0.05) is 48.0 Å². The number of hydrogen-bond acceptors (Lipinski definition) is 12. The number of nitrogens with two attached hydrogens (primary N) is 5. The third kappa shape index (κ3) is 5.95. The Bertz CT molecular complexity index is 1720. The van der Waals surface area contributed by atoms with Crippen molar-refractivity contribution in [2.75, 3.05) is 34.0 Å². The maximum Gasteiger partial charge on any atom is 0.222 e. The number of anilines is 6. The van der Waals surface area contributed by atoms with Gasteiger partial charge in [-0.2, -0.15) is 9.97 Å². The first-order valence-electron chi connectivity index (χ1n) is 12.8. The molecule has 0 aliphatic rings. The Labute approximate surface area is 246 Å². The zero-order valence-corrected chi connectivity index (χ0v) is 23.0. The fraction of sp³-hybridized carbons (Fsp3) is 0.103. The molecule has 0 amide bonds. The van der Waals surface area contributed by atoms with E-state index in [9.17, 15) is 10.2 Å². The number of aliphatic hydroxyl groups excluding tert-OH is 2. The van der Waals surface area contributed by atoms with Crippen LogP contribution in [-0.2, 0) is 6.54 Å². The van der Waals surface area contributed by atoms with E-state index in [4.69, 9.17) is 40.3 Å². The van der Waals surface area contributed by atoms with Gasteiger partial charge in [-0.3, -0.25) is 0 Å². The van der Waals surface area contributed by atoms with E-state index < -0.39 is 12.2 Å². The van der Waals surface area contributed by atoms with Gasteiger partial charge < -0.3 is 44.2 Å². The Morgan fingerprint density at radius 1 is 0.619 bits per heavy atom. The second-order valence-electron chi connectivity index (χ2n) is 9.52. The van der Waals surface area contributed by atoms with Crippen LogP contribution < -0.4 is 34.0 Å². The molecule has 0 aliphatic carbocycles. The van der Waals surface area contributed by atoms with E-state index in [2.05, 4.69) is 25.3 Å². The summed E-state index contributed by atoms with van der Waals surface area (Å²) in [5.41, 5.74) is 34.2. The second kappa shape index (κ2) is 11.7. The number of benzene rings is 3. The van der Waals surface area contributed by atoms with Crippen molar-refractivity contribution in [2.24, 2.45) is 0 Å². The molecule has 13 heteroatoms. The zero-order valence-electron chi connectivity index (χ0n) is 22.2. The number of nitrogen functional groups attached to an aromatic ring is 5. The number of halogens is 1. The normalized spacial score (nSPS) is 12.5. The van der Waals surface area contributed by atoms with Crippen LogP contribution in [0.2, 0.25) is 5.02 Å². The van der Waals surface area contributed by atoms with Crippen molar-refractivity contribution in [1.82, 2.24) is 19.9 Å². The third-order valence-electron chi connectivity index (χ3n) is 6.61. The number of nitrogens with one attached hydrogen (secondary N) is 1. The third-order valence-corrected chi connectivity index (χ3v) is 6.86. The molecule has 2 atom stereocenters. The summed E-state index contributed by atoms with van der Waals surface area (Å²) in [7, 11) is 0. The maximum absolute atomic E-state index is 11.5. The van der Waals surface area contributed by atoms with Crippen LogP contribution in [0.25, 0.3) is 22.3 Å². The topological polar surface area (TPSA) is 234 Å². The molecule has 42 heavy (non-hydrogen) atoms. The number of hydrogen-bond donors (Lipinski definition) is 8. The molecule has 0 saturated carbocycles.